The molecule has 0 aromatic heterocycles. The Hall–Kier alpha value is -0.160. The van der Waals surface area contributed by atoms with Crippen LogP contribution in [0, 0.1) is 5.92 Å². The zero-order valence-corrected chi connectivity index (χ0v) is 13.1. The van der Waals surface area contributed by atoms with E-state index in [1.54, 1.807) is 0 Å². The smallest absolute Gasteiger partial charge is 0.0585 e. The first kappa shape index (κ1) is 16.9. The average Bonchev–Trinajstić information content (AvgIpc) is 2.42. The van der Waals surface area contributed by atoms with E-state index in [9.17, 15) is 5.11 Å². The predicted octanol–water partition coefficient (Wildman–Crippen LogP) is 1.01. The van der Waals surface area contributed by atoms with E-state index in [0.29, 0.717) is 0 Å². The second-order valence-electron chi connectivity index (χ2n) is 6.13. The number of aliphatic hydroxyl groups is 1. The summed E-state index contributed by atoms with van der Waals surface area (Å²) < 4.78 is 0. The summed E-state index contributed by atoms with van der Waals surface area (Å²) in [5, 5.41) is 12.7. The summed E-state index contributed by atoms with van der Waals surface area (Å²) >= 11 is 0. The van der Waals surface area contributed by atoms with Crippen LogP contribution in [0.2, 0.25) is 0 Å². The molecule has 0 bridgehead atoms. The minimum atomic E-state index is 0.252. The van der Waals surface area contributed by atoms with Crippen molar-refractivity contribution in [1.82, 2.24) is 15.1 Å². The average molecular weight is 271 g/mol. The number of likely N-dealkylation sites (tertiary alicyclic amines) is 1. The lowest BCUT2D eigenvalue weighted by Gasteiger charge is -2.32. The molecular formula is C15H33N3O. The van der Waals surface area contributed by atoms with Crippen LogP contribution in [0.1, 0.15) is 32.6 Å². The van der Waals surface area contributed by atoms with Crippen LogP contribution >= 0.6 is 0 Å². The molecule has 1 rings (SSSR count). The SMILES string of the molecule is CCCNC(CO)CCN(C)CC1CCN(C)CC1. The summed E-state index contributed by atoms with van der Waals surface area (Å²) in [5.74, 6) is 0.859. The fourth-order valence-corrected chi connectivity index (χ4v) is 2.76. The number of hydrogen-bond acceptors (Lipinski definition) is 4. The molecule has 0 radical (unpaired) electrons. The lowest BCUT2D eigenvalue weighted by atomic mass is 9.96. The van der Waals surface area contributed by atoms with Gasteiger partial charge in [-0.1, -0.05) is 6.92 Å². The zero-order valence-electron chi connectivity index (χ0n) is 13.1. The number of nitrogens with one attached hydrogen (secondary N) is 1. The first-order valence-corrected chi connectivity index (χ1v) is 7.87. The van der Waals surface area contributed by atoms with Crippen molar-refractivity contribution < 1.29 is 5.11 Å². The van der Waals surface area contributed by atoms with E-state index >= 15 is 0 Å². The summed E-state index contributed by atoms with van der Waals surface area (Å²) in [6.45, 7) is 8.19. The summed E-state index contributed by atoms with van der Waals surface area (Å²) in [4.78, 5) is 4.86. The quantitative estimate of drug-likeness (QED) is 0.656. The van der Waals surface area contributed by atoms with Crippen LogP contribution in [0.3, 0.4) is 0 Å². The highest BCUT2D eigenvalue weighted by molar-refractivity contribution is 4.74. The van der Waals surface area contributed by atoms with Crippen molar-refractivity contribution in [3.05, 3.63) is 0 Å². The number of hydrogen-bond donors (Lipinski definition) is 2. The molecular weight excluding hydrogens is 238 g/mol. The molecule has 1 aliphatic heterocycles. The normalized spacial score (nSPS) is 20.1. The van der Waals surface area contributed by atoms with Crippen LogP contribution in [0.5, 0.6) is 0 Å². The third kappa shape index (κ3) is 7.25. The van der Waals surface area contributed by atoms with Gasteiger partial charge >= 0.3 is 0 Å². The van der Waals surface area contributed by atoms with Gasteiger partial charge in [0.25, 0.3) is 0 Å². The van der Waals surface area contributed by atoms with Crippen molar-refractivity contribution in [2.24, 2.45) is 5.92 Å². The third-order valence-corrected chi connectivity index (χ3v) is 4.17. The molecule has 0 amide bonds. The molecule has 1 heterocycles. The van der Waals surface area contributed by atoms with Gasteiger partial charge in [0.2, 0.25) is 0 Å². The highest BCUT2D eigenvalue weighted by atomic mass is 16.3. The molecule has 0 spiro atoms. The Morgan fingerprint density at radius 3 is 2.63 bits per heavy atom. The molecule has 0 saturated carbocycles. The fourth-order valence-electron chi connectivity index (χ4n) is 2.76. The minimum absolute atomic E-state index is 0.252. The molecule has 1 atom stereocenters. The summed E-state index contributed by atoms with van der Waals surface area (Å²) in [6, 6.07) is 0.264. The van der Waals surface area contributed by atoms with Gasteiger partial charge in [-0.3, -0.25) is 0 Å². The molecule has 1 aliphatic rings. The maximum Gasteiger partial charge on any atom is 0.0585 e. The van der Waals surface area contributed by atoms with Crippen molar-refractivity contribution in [1.29, 1.82) is 0 Å². The van der Waals surface area contributed by atoms with Crippen LogP contribution in [0.4, 0.5) is 0 Å². The van der Waals surface area contributed by atoms with Gasteiger partial charge in [-0.2, -0.15) is 0 Å². The van der Waals surface area contributed by atoms with Crippen molar-refractivity contribution in [3.8, 4) is 0 Å². The van der Waals surface area contributed by atoms with Crippen molar-refractivity contribution in [2.75, 3.05) is 53.4 Å². The predicted molar refractivity (Wildman–Crippen MR) is 81.5 cm³/mol. The second-order valence-corrected chi connectivity index (χ2v) is 6.13. The lowest BCUT2D eigenvalue weighted by molar-refractivity contribution is 0.166. The monoisotopic (exact) mass is 271 g/mol. The summed E-state index contributed by atoms with van der Waals surface area (Å²) in [7, 11) is 4.43. The molecule has 0 aromatic rings. The Kier molecular flexibility index (Phi) is 8.62. The van der Waals surface area contributed by atoms with Crippen molar-refractivity contribution >= 4 is 0 Å². The number of aliphatic hydroxyl groups excluding tert-OH is 1. The van der Waals surface area contributed by atoms with E-state index in [-0.39, 0.29) is 12.6 Å². The Morgan fingerprint density at radius 2 is 2.05 bits per heavy atom. The third-order valence-electron chi connectivity index (χ3n) is 4.17. The molecule has 1 fully saturated rings. The number of rotatable bonds is 9. The minimum Gasteiger partial charge on any atom is -0.395 e. The van der Waals surface area contributed by atoms with E-state index < -0.39 is 0 Å². The van der Waals surface area contributed by atoms with Gasteiger partial charge in [0.15, 0.2) is 0 Å². The fraction of sp³-hybridized carbons (Fsp3) is 1.00. The molecule has 2 N–H and O–H groups in total. The summed E-state index contributed by atoms with van der Waals surface area (Å²) in [5.41, 5.74) is 0. The van der Waals surface area contributed by atoms with Gasteiger partial charge in [-0.15, -0.1) is 0 Å². The highest BCUT2D eigenvalue weighted by Crippen LogP contribution is 2.16. The standard InChI is InChI=1S/C15H33N3O/c1-4-8-16-15(13-19)7-11-18(3)12-14-5-9-17(2)10-6-14/h14-16,19H,4-13H2,1-3H3. The van der Waals surface area contributed by atoms with E-state index in [2.05, 4.69) is 36.1 Å². The topological polar surface area (TPSA) is 38.7 Å². The summed E-state index contributed by atoms with van der Waals surface area (Å²) in [6.07, 6.45) is 4.83. The molecule has 1 saturated heterocycles. The van der Waals surface area contributed by atoms with Gasteiger partial charge < -0.3 is 20.2 Å². The Balaban J connectivity index is 2.14. The highest BCUT2D eigenvalue weighted by Gasteiger charge is 2.18. The van der Waals surface area contributed by atoms with E-state index in [1.807, 2.05) is 0 Å². The van der Waals surface area contributed by atoms with Gasteiger partial charge in [-0.05, 0) is 71.9 Å². The molecule has 0 aliphatic carbocycles. The van der Waals surface area contributed by atoms with Crippen LogP contribution in [-0.4, -0.2) is 74.4 Å². The van der Waals surface area contributed by atoms with Crippen molar-refractivity contribution in [2.45, 2.75) is 38.6 Å². The van der Waals surface area contributed by atoms with Crippen LogP contribution in [0.15, 0.2) is 0 Å². The van der Waals surface area contributed by atoms with E-state index in [0.717, 1.165) is 31.8 Å². The van der Waals surface area contributed by atoms with Crippen LogP contribution in [0.25, 0.3) is 0 Å². The van der Waals surface area contributed by atoms with Gasteiger partial charge in [0.05, 0.1) is 6.61 Å². The van der Waals surface area contributed by atoms with Gasteiger partial charge in [0, 0.05) is 12.6 Å². The molecule has 0 aromatic carbocycles. The Bertz CT molecular complexity index is 217. The van der Waals surface area contributed by atoms with Crippen LogP contribution in [-0.2, 0) is 0 Å². The first-order valence-electron chi connectivity index (χ1n) is 7.87. The molecule has 1 unspecified atom stereocenters. The number of nitrogens with zero attached hydrogens (tertiary/aromatic N) is 2. The van der Waals surface area contributed by atoms with Gasteiger partial charge in [-0.25, -0.2) is 0 Å². The molecule has 19 heavy (non-hydrogen) atoms. The van der Waals surface area contributed by atoms with Gasteiger partial charge in [0.1, 0.15) is 0 Å². The molecule has 4 nitrogen and oxygen atoms in total. The number of piperidine rings is 1. The molecule has 4 heteroatoms. The lowest BCUT2D eigenvalue weighted by Crippen LogP contribution is -2.39. The largest absolute Gasteiger partial charge is 0.395 e. The second kappa shape index (κ2) is 9.70. The maximum atomic E-state index is 9.33. The first-order chi connectivity index (χ1) is 9.15. The molecule has 114 valence electrons. The van der Waals surface area contributed by atoms with Crippen molar-refractivity contribution in [3.63, 3.8) is 0 Å². The van der Waals surface area contributed by atoms with Crippen LogP contribution < -0.4 is 5.32 Å². The Morgan fingerprint density at radius 1 is 1.37 bits per heavy atom. The van der Waals surface area contributed by atoms with E-state index in [1.165, 1.54) is 32.5 Å². The Labute approximate surface area is 119 Å². The maximum absolute atomic E-state index is 9.33. The zero-order chi connectivity index (χ0) is 14.1. The van der Waals surface area contributed by atoms with E-state index in [4.69, 9.17) is 0 Å².